The van der Waals surface area contributed by atoms with E-state index < -0.39 is 11.0 Å². The summed E-state index contributed by atoms with van der Waals surface area (Å²) >= 11 is 0. The molecule has 0 aromatic heterocycles. The Morgan fingerprint density at radius 2 is 1.30 bits per heavy atom. The van der Waals surface area contributed by atoms with Crippen LogP contribution in [-0.4, -0.2) is 5.25 Å². The van der Waals surface area contributed by atoms with Crippen molar-refractivity contribution in [2.75, 3.05) is 0 Å². The molecule has 0 aliphatic heterocycles. The van der Waals surface area contributed by atoms with E-state index in [1.165, 1.54) is 11.1 Å². The normalized spacial score (nSPS) is 14.9. The number of nitrogens with zero attached hydrogens (tertiary/aromatic N) is 1. The van der Waals surface area contributed by atoms with Crippen LogP contribution in [0.1, 0.15) is 66.5 Å². The second kappa shape index (κ2) is 5.98. The van der Waals surface area contributed by atoms with Gasteiger partial charge in [-0.2, -0.15) is 4.36 Å². The Morgan fingerprint density at radius 3 is 1.60 bits per heavy atom. The standard InChI is InChI=1S/C17H28NOS/c1-12(2)20(19)18-15-10-13(16(3,4)5)9-14(11-15)17(6,7)8/h9-12H,1-8H3. The summed E-state index contributed by atoms with van der Waals surface area (Å²) in [5, 5.41) is 0.0476. The summed E-state index contributed by atoms with van der Waals surface area (Å²) in [6.45, 7) is 17.0. The fourth-order valence-corrected chi connectivity index (χ4v) is 2.26. The van der Waals surface area contributed by atoms with E-state index in [1.807, 2.05) is 13.8 Å². The van der Waals surface area contributed by atoms with Crippen LogP contribution in [0.3, 0.4) is 0 Å². The second-order valence-electron chi connectivity index (χ2n) is 7.68. The van der Waals surface area contributed by atoms with E-state index in [2.05, 4.69) is 64.1 Å². The smallest absolute Gasteiger partial charge is 0.0749 e. The third-order valence-corrected chi connectivity index (χ3v) is 4.45. The average Bonchev–Trinajstić information content (AvgIpc) is 2.26. The van der Waals surface area contributed by atoms with Crippen molar-refractivity contribution in [1.29, 1.82) is 0 Å². The van der Waals surface area contributed by atoms with Crippen molar-refractivity contribution in [2.24, 2.45) is 4.36 Å². The van der Waals surface area contributed by atoms with Crippen molar-refractivity contribution in [3.05, 3.63) is 29.3 Å². The van der Waals surface area contributed by atoms with Gasteiger partial charge in [0.25, 0.3) is 0 Å². The number of hydrogen-bond acceptors (Lipinski definition) is 1. The molecule has 0 heterocycles. The van der Waals surface area contributed by atoms with E-state index in [0.29, 0.717) is 0 Å². The van der Waals surface area contributed by atoms with Crippen molar-refractivity contribution in [2.45, 2.75) is 71.5 Å². The predicted molar refractivity (Wildman–Crippen MR) is 89.1 cm³/mol. The van der Waals surface area contributed by atoms with Crippen molar-refractivity contribution in [3.8, 4) is 0 Å². The van der Waals surface area contributed by atoms with E-state index >= 15 is 0 Å². The fraction of sp³-hybridized carbons (Fsp3) is 0.647. The first kappa shape index (κ1) is 17.4. The van der Waals surface area contributed by atoms with Crippen LogP contribution in [-0.2, 0) is 26.4 Å². The SMILES string of the molecule is CC(C)S([O])=Nc1cc(C(C)(C)C)cc(C(C)(C)C)c1. The maximum absolute atomic E-state index is 12.0. The Kier molecular flexibility index (Phi) is 5.20. The zero-order chi connectivity index (χ0) is 15.7. The molecule has 0 saturated heterocycles. The lowest BCUT2D eigenvalue weighted by atomic mass is 9.80. The maximum atomic E-state index is 12.0. The molecule has 0 N–H and O–H groups in total. The largest absolute Gasteiger partial charge is 0.199 e. The van der Waals surface area contributed by atoms with Crippen molar-refractivity contribution < 1.29 is 4.55 Å². The molecule has 0 saturated carbocycles. The topological polar surface area (TPSA) is 32.3 Å². The molecular formula is C17H28NOS. The quantitative estimate of drug-likeness (QED) is 0.693. The minimum Gasteiger partial charge on any atom is -0.199 e. The lowest BCUT2D eigenvalue weighted by Crippen LogP contribution is -2.16. The first-order chi connectivity index (χ1) is 8.91. The highest BCUT2D eigenvalue weighted by Gasteiger charge is 2.20. The van der Waals surface area contributed by atoms with Gasteiger partial charge in [0.2, 0.25) is 0 Å². The first-order valence-corrected chi connectivity index (χ1v) is 8.37. The summed E-state index contributed by atoms with van der Waals surface area (Å²) in [6.07, 6.45) is 0. The highest BCUT2D eigenvalue weighted by Crippen LogP contribution is 2.33. The molecule has 3 heteroatoms. The molecular weight excluding hydrogens is 266 g/mol. The molecule has 1 aromatic rings. The molecule has 113 valence electrons. The van der Waals surface area contributed by atoms with Gasteiger partial charge in [0.15, 0.2) is 0 Å². The average molecular weight is 294 g/mol. The Balaban J connectivity index is 3.43. The minimum atomic E-state index is -1.17. The predicted octanol–water partition coefficient (Wildman–Crippen LogP) is 5.47. The molecule has 0 aliphatic rings. The summed E-state index contributed by atoms with van der Waals surface area (Å²) in [5.41, 5.74) is 3.43. The van der Waals surface area contributed by atoms with E-state index in [1.54, 1.807) is 0 Å². The Labute approximate surface area is 126 Å². The van der Waals surface area contributed by atoms with Crippen LogP contribution in [0.25, 0.3) is 0 Å². The fourth-order valence-electron chi connectivity index (χ4n) is 1.74. The molecule has 1 rings (SSSR count). The van der Waals surface area contributed by atoms with Gasteiger partial charge < -0.3 is 0 Å². The third-order valence-electron chi connectivity index (χ3n) is 3.25. The van der Waals surface area contributed by atoms with Gasteiger partial charge in [-0.15, -0.1) is 4.55 Å². The van der Waals surface area contributed by atoms with Gasteiger partial charge in [-0.05, 0) is 34.1 Å². The number of hydrogen-bond donors (Lipinski definition) is 0. The molecule has 1 radical (unpaired) electrons. The van der Waals surface area contributed by atoms with Crippen LogP contribution < -0.4 is 0 Å². The van der Waals surface area contributed by atoms with Crippen molar-refractivity contribution in [3.63, 3.8) is 0 Å². The van der Waals surface area contributed by atoms with Crippen molar-refractivity contribution in [1.82, 2.24) is 0 Å². The lowest BCUT2D eigenvalue weighted by molar-refractivity contribution is 0.512. The third kappa shape index (κ3) is 4.71. The number of benzene rings is 1. The molecule has 1 aromatic carbocycles. The van der Waals surface area contributed by atoms with Gasteiger partial charge in [0.05, 0.1) is 16.7 Å². The van der Waals surface area contributed by atoms with E-state index in [4.69, 9.17) is 0 Å². The van der Waals surface area contributed by atoms with E-state index in [9.17, 15) is 4.55 Å². The highest BCUT2D eigenvalue weighted by molar-refractivity contribution is 7.82. The molecule has 2 nitrogen and oxygen atoms in total. The molecule has 0 spiro atoms. The van der Waals surface area contributed by atoms with Gasteiger partial charge in [-0.25, -0.2) is 0 Å². The second-order valence-corrected chi connectivity index (χ2v) is 9.36. The Morgan fingerprint density at radius 1 is 0.900 bits per heavy atom. The Hall–Kier alpha value is -0.670. The minimum absolute atomic E-state index is 0.0476. The molecule has 0 amide bonds. The number of rotatable bonds is 2. The zero-order valence-electron chi connectivity index (χ0n) is 14.1. The van der Waals surface area contributed by atoms with Crippen LogP contribution in [0, 0.1) is 0 Å². The maximum Gasteiger partial charge on any atom is 0.0749 e. The van der Waals surface area contributed by atoms with Gasteiger partial charge in [0, 0.05) is 5.25 Å². The summed E-state index contributed by atoms with van der Waals surface area (Å²) in [4.78, 5) is 0. The summed E-state index contributed by atoms with van der Waals surface area (Å²) in [5.74, 6) is 0. The highest BCUT2D eigenvalue weighted by atomic mass is 32.2. The molecule has 1 unspecified atom stereocenters. The van der Waals surface area contributed by atoms with E-state index in [0.717, 1.165) is 5.69 Å². The van der Waals surface area contributed by atoms with Crippen LogP contribution in [0.2, 0.25) is 0 Å². The zero-order valence-corrected chi connectivity index (χ0v) is 14.9. The summed E-state index contributed by atoms with van der Waals surface area (Å²) < 4.78 is 16.4. The first-order valence-electron chi connectivity index (χ1n) is 7.20. The van der Waals surface area contributed by atoms with Crippen LogP contribution in [0.15, 0.2) is 22.6 Å². The summed E-state index contributed by atoms with van der Waals surface area (Å²) in [6, 6.07) is 6.38. The molecule has 0 bridgehead atoms. The van der Waals surface area contributed by atoms with Crippen LogP contribution in [0.5, 0.6) is 0 Å². The summed E-state index contributed by atoms with van der Waals surface area (Å²) in [7, 11) is -1.17. The molecule has 20 heavy (non-hydrogen) atoms. The molecule has 0 fully saturated rings. The van der Waals surface area contributed by atoms with Gasteiger partial charge in [-0.3, -0.25) is 0 Å². The van der Waals surface area contributed by atoms with Gasteiger partial charge in [-0.1, -0.05) is 61.5 Å². The van der Waals surface area contributed by atoms with Gasteiger partial charge >= 0.3 is 0 Å². The Bertz CT molecular complexity index is 472. The lowest BCUT2D eigenvalue weighted by Gasteiger charge is -2.25. The van der Waals surface area contributed by atoms with Gasteiger partial charge in [0.1, 0.15) is 0 Å². The monoisotopic (exact) mass is 294 g/mol. The molecule has 0 aliphatic carbocycles. The van der Waals surface area contributed by atoms with Crippen molar-refractivity contribution >= 4 is 16.7 Å². The van der Waals surface area contributed by atoms with Crippen LogP contribution >= 0.6 is 0 Å². The van der Waals surface area contributed by atoms with Crippen LogP contribution in [0.4, 0.5) is 5.69 Å². The van der Waals surface area contributed by atoms with E-state index in [-0.39, 0.29) is 16.1 Å². The molecule has 1 atom stereocenters.